The molecule has 0 saturated carbocycles. The third-order valence-corrected chi connectivity index (χ3v) is 12.6. The maximum atomic E-state index is 6.66. The summed E-state index contributed by atoms with van der Waals surface area (Å²) in [6, 6.07) is 64.4. The average Bonchev–Trinajstić information content (AvgIpc) is 3.79. The Morgan fingerprint density at radius 3 is 1.84 bits per heavy atom. The fraction of sp³-hybridized carbons (Fsp3) is 0.111. The number of hydrogen-bond donors (Lipinski definition) is 0. The quantitative estimate of drug-likeness (QED) is 0.177. The maximum absolute atomic E-state index is 6.66. The molecule has 0 aliphatic heterocycles. The van der Waals surface area contributed by atoms with Gasteiger partial charge in [-0.05, 0) is 92.5 Å². The molecule has 0 saturated heterocycles. The minimum absolute atomic E-state index is 0.138. The Hall–Kier alpha value is -6.64. The predicted octanol–water partition coefficient (Wildman–Crippen LogP) is 14.6. The van der Waals surface area contributed by atoms with Gasteiger partial charge in [0.15, 0.2) is 0 Å². The van der Waals surface area contributed by atoms with Crippen LogP contribution in [0.15, 0.2) is 180 Å². The van der Waals surface area contributed by atoms with E-state index in [4.69, 9.17) is 4.42 Å². The van der Waals surface area contributed by atoms with E-state index < -0.39 is 0 Å². The Kier molecular flexibility index (Phi) is 6.98. The van der Waals surface area contributed by atoms with Crippen LogP contribution >= 0.6 is 0 Å². The summed E-state index contributed by atoms with van der Waals surface area (Å²) >= 11 is 0. The molecule has 0 N–H and O–H groups in total. The van der Waals surface area contributed by atoms with Crippen LogP contribution in [0.4, 0.5) is 0 Å². The minimum Gasteiger partial charge on any atom is -0.455 e. The Morgan fingerprint density at radius 1 is 0.411 bits per heavy atom. The molecule has 10 aromatic rings. The molecule has 268 valence electrons. The molecule has 8 aromatic carbocycles. The fourth-order valence-corrected chi connectivity index (χ4v) is 9.91. The monoisotopic (exact) mass is 719 g/mol. The zero-order valence-electron chi connectivity index (χ0n) is 32.1. The highest BCUT2D eigenvalue weighted by molar-refractivity contribution is 6.13. The molecule has 2 nitrogen and oxygen atoms in total. The van der Waals surface area contributed by atoms with Crippen LogP contribution in [0.3, 0.4) is 0 Å². The topological polar surface area (TPSA) is 18.1 Å². The molecule has 11 rings (SSSR count). The summed E-state index contributed by atoms with van der Waals surface area (Å²) in [4.78, 5) is 0. The zero-order valence-corrected chi connectivity index (χ0v) is 32.1. The van der Waals surface area contributed by atoms with Crippen LogP contribution in [-0.2, 0) is 10.8 Å². The molecule has 0 atom stereocenters. The number of aromatic nitrogens is 1. The first kappa shape index (κ1) is 32.8. The summed E-state index contributed by atoms with van der Waals surface area (Å²) in [6.45, 7) is 9.61. The van der Waals surface area contributed by atoms with Crippen molar-refractivity contribution in [2.24, 2.45) is 0 Å². The molecular weight excluding hydrogens is 679 g/mol. The van der Waals surface area contributed by atoms with E-state index in [-0.39, 0.29) is 10.8 Å². The summed E-state index contributed by atoms with van der Waals surface area (Å²) in [7, 11) is 0. The number of rotatable bonds is 4. The van der Waals surface area contributed by atoms with Crippen molar-refractivity contribution in [3.05, 3.63) is 198 Å². The summed E-state index contributed by atoms with van der Waals surface area (Å²) in [5.41, 5.74) is 17.6. The summed E-state index contributed by atoms with van der Waals surface area (Å²) in [5, 5.41) is 4.88. The number of nitrogens with zero attached hydrogens (tertiary/aromatic N) is 1. The van der Waals surface area contributed by atoms with Gasteiger partial charge in [-0.1, -0.05) is 161 Å². The van der Waals surface area contributed by atoms with Gasteiger partial charge < -0.3 is 8.98 Å². The SMILES string of the molecule is CC1(C)c2ccccc2C(C)(C)c2c1ccc1c2c2ccccc2n1-c1cc(-c2cccc(-c3ccccc3)c2)cc(-c2cccc3c2oc2ccccc23)c1. The van der Waals surface area contributed by atoms with Gasteiger partial charge in [0.2, 0.25) is 0 Å². The summed E-state index contributed by atoms with van der Waals surface area (Å²) in [5.74, 6) is 0. The normalized spacial score (nSPS) is 14.4. The van der Waals surface area contributed by atoms with E-state index in [2.05, 4.69) is 202 Å². The number of benzene rings is 8. The van der Waals surface area contributed by atoms with Crippen molar-refractivity contribution in [3.8, 4) is 39.1 Å². The number of hydrogen-bond acceptors (Lipinski definition) is 1. The summed E-state index contributed by atoms with van der Waals surface area (Å²) in [6.07, 6.45) is 0. The molecule has 0 amide bonds. The molecule has 0 spiro atoms. The molecule has 1 aliphatic rings. The second kappa shape index (κ2) is 11.9. The first-order valence-corrected chi connectivity index (χ1v) is 19.7. The largest absolute Gasteiger partial charge is 0.455 e. The highest BCUT2D eigenvalue weighted by Crippen LogP contribution is 2.53. The van der Waals surface area contributed by atoms with Gasteiger partial charge in [0, 0.05) is 43.6 Å². The average molecular weight is 720 g/mol. The van der Waals surface area contributed by atoms with Crippen LogP contribution in [0.2, 0.25) is 0 Å². The van der Waals surface area contributed by atoms with Crippen LogP contribution in [0.5, 0.6) is 0 Å². The van der Waals surface area contributed by atoms with E-state index >= 15 is 0 Å². The van der Waals surface area contributed by atoms with Gasteiger partial charge in [0.05, 0.1) is 11.0 Å². The number of fused-ring (bicyclic) bond motifs is 9. The Bertz CT molecular complexity index is 3190. The maximum Gasteiger partial charge on any atom is 0.143 e. The highest BCUT2D eigenvalue weighted by Gasteiger charge is 2.43. The van der Waals surface area contributed by atoms with Crippen LogP contribution in [0, 0.1) is 0 Å². The molecule has 0 radical (unpaired) electrons. The molecule has 2 heterocycles. The lowest BCUT2D eigenvalue weighted by atomic mass is 9.59. The second-order valence-electron chi connectivity index (χ2n) is 16.5. The van der Waals surface area contributed by atoms with Crippen molar-refractivity contribution >= 4 is 43.7 Å². The smallest absolute Gasteiger partial charge is 0.143 e. The minimum atomic E-state index is -0.197. The number of para-hydroxylation sites is 3. The molecule has 2 heteroatoms. The van der Waals surface area contributed by atoms with Gasteiger partial charge in [-0.15, -0.1) is 0 Å². The summed E-state index contributed by atoms with van der Waals surface area (Å²) < 4.78 is 9.16. The van der Waals surface area contributed by atoms with Gasteiger partial charge in [-0.3, -0.25) is 0 Å². The van der Waals surface area contributed by atoms with Crippen LogP contribution < -0.4 is 0 Å². The van der Waals surface area contributed by atoms with Crippen molar-refractivity contribution in [1.82, 2.24) is 4.57 Å². The molecule has 0 fully saturated rings. The Balaban J connectivity index is 1.22. The molecule has 1 aliphatic carbocycles. The highest BCUT2D eigenvalue weighted by atomic mass is 16.3. The van der Waals surface area contributed by atoms with Gasteiger partial charge in [-0.25, -0.2) is 0 Å². The van der Waals surface area contributed by atoms with E-state index in [0.717, 1.165) is 44.3 Å². The van der Waals surface area contributed by atoms with Crippen LogP contribution in [-0.4, -0.2) is 4.57 Å². The van der Waals surface area contributed by atoms with Crippen molar-refractivity contribution in [1.29, 1.82) is 0 Å². The zero-order chi connectivity index (χ0) is 37.8. The third-order valence-electron chi connectivity index (χ3n) is 12.6. The van der Waals surface area contributed by atoms with Gasteiger partial charge in [0.1, 0.15) is 11.2 Å². The van der Waals surface area contributed by atoms with E-state index in [1.54, 1.807) is 0 Å². The molecule has 56 heavy (non-hydrogen) atoms. The lowest BCUT2D eigenvalue weighted by Gasteiger charge is -2.44. The van der Waals surface area contributed by atoms with Crippen molar-refractivity contribution in [3.63, 3.8) is 0 Å². The van der Waals surface area contributed by atoms with E-state index in [1.807, 2.05) is 6.07 Å². The van der Waals surface area contributed by atoms with Gasteiger partial charge >= 0.3 is 0 Å². The Labute approximate surface area is 327 Å². The first-order chi connectivity index (χ1) is 27.3. The van der Waals surface area contributed by atoms with Crippen LogP contribution in [0.25, 0.3) is 82.8 Å². The van der Waals surface area contributed by atoms with E-state index in [9.17, 15) is 0 Å². The van der Waals surface area contributed by atoms with E-state index in [1.165, 1.54) is 60.8 Å². The van der Waals surface area contributed by atoms with Gasteiger partial charge in [-0.2, -0.15) is 0 Å². The van der Waals surface area contributed by atoms with Crippen molar-refractivity contribution in [2.75, 3.05) is 0 Å². The lowest BCUT2D eigenvalue weighted by Crippen LogP contribution is -2.36. The Morgan fingerprint density at radius 2 is 1.02 bits per heavy atom. The standard InChI is InChI=1S/C54H41NO/c1-53(2)44-24-10-11-25-45(44)54(3,4)51-46(53)28-29-48-50(51)43-21-8-12-26-47(43)55(48)39-32-37(36-19-14-18-35(30-36)34-16-6-5-7-17-34)31-38(33-39)40-22-15-23-42-41-20-9-13-27-49(41)56-52(40)42/h5-33H,1-4H3. The fourth-order valence-electron chi connectivity index (χ4n) is 9.91. The molecular formula is C54H41NO. The van der Waals surface area contributed by atoms with Crippen molar-refractivity contribution < 1.29 is 4.42 Å². The number of furan rings is 1. The van der Waals surface area contributed by atoms with Crippen LogP contribution in [0.1, 0.15) is 49.9 Å². The predicted molar refractivity (Wildman–Crippen MR) is 235 cm³/mol. The van der Waals surface area contributed by atoms with Gasteiger partial charge in [0.25, 0.3) is 0 Å². The molecule has 0 bridgehead atoms. The second-order valence-corrected chi connectivity index (χ2v) is 16.5. The first-order valence-electron chi connectivity index (χ1n) is 19.7. The van der Waals surface area contributed by atoms with Crippen molar-refractivity contribution in [2.45, 2.75) is 38.5 Å². The molecule has 0 unspecified atom stereocenters. The third kappa shape index (κ3) is 4.69. The molecule has 2 aromatic heterocycles. The van der Waals surface area contributed by atoms with E-state index in [0.29, 0.717) is 0 Å². The lowest BCUT2D eigenvalue weighted by molar-refractivity contribution is 0.525.